The number of nitrogens with zero attached hydrogens (tertiary/aromatic N) is 1. The van der Waals surface area contributed by atoms with E-state index in [-0.39, 0.29) is 5.69 Å². The minimum atomic E-state index is -1.28. The fraction of sp³-hybridized carbons (Fsp3) is 0.545. The van der Waals surface area contributed by atoms with Crippen LogP contribution in [0.4, 0.5) is 0 Å². The Balaban J connectivity index is 2.85. The number of carboxylic acid groups (broad SMARTS) is 1. The van der Waals surface area contributed by atoms with Gasteiger partial charge in [-0.3, -0.25) is 4.79 Å². The van der Waals surface area contributed by atoms with Gasteiger partial charge in [0, 0.05) is 0 Å². The van der Waals surface area contributed by atoms with Crippen LogP contribution in [0.3, 0.4) is 0 Å². The van der Waals surface area contributed by atoms with Crippen LogP contribution in [0.25, 0.3) is 0 Å². The molecule has 0 radical (unpaired) electrons. The molecule has 0 saturated heterocycles. The summed E-state index contributed by atoms with van der Waals surface area (Å²) < 4.78 is 4.90. The minimum absolute atomic E-state index is 0.119. The van der Waals surface area contributed by atoms with Crippen molar-refractivity contribution in [2.75, 3.05) is 0 Å². The molecule has 0 fully saturated rings. The average molecular weight is 240 g/mol. The molecule has 0 aliphatic heterocycles. The van der Waals surface area contributed by atoms with E-state index in [2.05, 4.69) is 10.3 Å². The first-order valence-electron chi connectivity index (χ1n) is 5.36. The van der Waals surface area contributed by atoms with Crippen molar-refractivity contribution in [1.82, 2.24) is 10.3 Å². The van der Waals surface area contributed by atoms with Crippen LogP contribution in [0.5, 0.6) is 0 Å². The zero-order chi connectivity index (χ0) is 13.1. The number of carbonyl (C=O) groups is 2. The molecule has 94 valence electrons. The molecular formula is C11H16N2O4. The molecule has 2 N–H and O–H groups in total. The highest BCUT2D eigenvalue weighted by Crippen LogP contribution is 2.14. The highest BCUT2D eigenvalue weighted by molar-refractivity contribution is 5.96. The van der Waals surface area contributed by atoms with Gasteiger partial charge in [0.05, 0.1) is 0 Å². The van der Waals surface area contributed by atoms with E-state index >= 15 is 0 Å². The number of hydrogen-bond donors (Lipinski definition) is 2. The van der Waals surface area contributed by atoms with E-state index in [4.69, 9.17) is 9.52 Å². The fourth-order valence-electron chi connectivity index (χ4n) is 1.56. The van der Waals surface area contributed by atoms with Crippen molar-refractivity contribution in [1.29, 1.82) is 0 Å². The molecule has 0 aliphatic rings. The second kappa shape index (κ2) is 4.99. The number of oxazole rings is 1. The molecule has 0 bridgehead atoms. The van der Waals surface area contributed by atoms with Gasteiger partial charge in [-0.05, 0) is 20.3 Å². The first-order valence-corrected chi connectivity index (χ1v) is 5.36. The Morgan fingerprint density at radius 3 is 2.65 bits per heavy atom. The molecule has 1 aromatic rings. The largest absolute Gasteiger partial charge is 0.480 e. The van der Waals surface area contributed by atoms with Crippen molar-refractivity contribution >= 4 is 11.9 Å². The quantitative estimate of drug-likeness (QED) is 0.810. The van der Waals surface area contributed by atoms with Crippen LogP contribution < -0.4 is 5.32 Å². The summed E-state index contributed by atoms with van der Waals surface area (Å²) in [5.41, 5.74) is -1.16. The molecule has 1 atom stereocenters. The predicted octanol–water partition coefficient (Wildman–Crippen LogP) is 1.36. The van der Waals surface area contributed by atoms with Crippen LogP contribution in [0.15, 0.2) is 10.8 Å². The second-order valence-electron chi connectivity index (χ2n) is 4.10. The van der Waals surface area contributed by atoms with Gasteiger partial charge in [0.1, 0.15) is 11.3 Å². The molecule has 1 aromatic heterocycles. The zero-order valence-electron chi connectivity index (χ0n) is 10.1. The molecule has 1 amide bonds. The SMILES string of the molecule is CCCC(C)(NC(=O)c1ncoc1C)C(=O)O. The van der Waals surface area contributed by atoms with Crippen LogP contribution in [-0.4, -0.2) is 27.5 Å². The van der Waals surface area contributed by atoms with Crippen LogP contribution in [0, 0.1) is 6.92 Å². The van der Waals surface area contributed by atoms with E-state index in [9.17, 15) is 9.59 Å². The topological polar surface area (TPSA) is 92.4 Å². The van der Waals surface area contributed by atoms with Gasteiger partial charge in [0.25, 0.3) is 5.91 Å². The van der Waals surface area contributed by atoms with E-state index in [0.29, 0.717) is 18.6 Å². The highest BCUT2D eigenvalue weighted by Gasteiger charge is 2.35. The molecule has 1 rings (SSSR count). The smallest absolute Gasteiger partial charge is 0.329 e. The summed E-state index contributed by atoms with van der Waals surface area (Å²) in [5.74, 6) is -1.23. The third-order valence-electron chi connectivity index (χ3n) is 2.57. The molecular weight excluding hydrogens is 224 g/mol. The van der Waals surface area contributed by atoms with E-state index in [0.717, 1.165) is 6.39 Å². The third-order valence-corrected chi connectivity index (χ3v) is 2.57. The molecule has 1 heterocycles. The van der Waals surface area contributed by atoms with Gasteiger partial charge in [-0.15, -0.1) is 0 Å². The Kier molecular flexibility index (Phi) is 3.88. The number of nitrogens with one attached hydrogen (secondary N) is 1. The van der Waals surface area contributed by atoms with Gasteiger partial charge in [0.2, 0.25) is 0 Å². The Morgan fingerprint density at radius 2 is 2.24 bits per heavy atom. The van der Waals surface area contributed by atoms with E-state index in [1.54, 1.807) is 6.92 Å². The van der Waals surface area contributed by atoms with Gasteiger partial charge in [-0.25, -0.2) is 9.78 Å². The van der Waals surface area contributed by atoms with Crippen molar-refractivity contribution in [3.63, 3.8) is 0 Å². The van der Waals surface area contributed by atoms with Gasteiger partial charge in [0.15, 0.2) is 12.1 Å². The lowest BCUT2D eigenvalue weighted by atomic mass is 9.96. The van der Waals surface area contributed by atoms with Gasteiger partial charge in [-0.1, -0.05) is 13.3 Å². The Bertz CT molecular complexity index is 427. The lowest BCUT2D eigenvalue weighted by molar-refractivity contribution is -0.144. The van der Waals surface area contributed by atoms with Crippen LogP contribution in [0.2, 0.25) is 0 Å². The molecule has 1 unspecified atom stereocenters. The minimum Gasteiger partial charge on any atom is -0.480 e. The Labute approximate surface area is 99.0 Å². The second-order valence-corrected chi connectivity index (χ2v) is 4.10. The molecule has 6 nitrogen and oxygen atoms in total. The van der Waals surface area contributed by atoms with Crippen LogP contribution >= 0.6 is 0 Å². The van der Waals surface area contributed by atoms with Crippen LogP contribution in [0.1, 0.15) is 42.9 Å². The molecule has 6 heteroatoms. The van der Waals surface area contributed by atoms with Gasteiger partial charge >= 0.3 is 5.97 Å². The molecule has 0 spiro atoms. The van der Waals surface area contributed by atoms with E-state index in [1.807, 2.05) is 6.92 Å². The maximum atomic E-state index is 11.8. The van der Waals surface area contributed by atoms with Crippen molar-refractivity contribution in [3.8, 4) is 0 Å². The molecule has 0 aromatic carbocycles. The number of carboxylic acids is 1. The zero-order valence-corrected chi connectivity index (χ0v) is 10.1. The average Bonchev–Trinajstić information content (AvgIpc) is 2.64. The number of hydrogen-bond acceptors (Lipinski definition) is 4. The first kappa shape index (κ1) is 13.2. The predicted molar refractivity (Wildman–Crippen MR) is 59.7 cm³/mol. The summed E-state index contributed by atoms with van der Waals surface area (Å²) in [5, 5.41) is 11.6. The number of rotatable bonds is 5. The van der Waals surface area contributed by atoms with E-state index < -0.39 is 17.4 Å². The normalized spacial score (nSPS) is 14.1. The monoisotopic (exact) mass is 240 g/mol. The van der Waals surface area contributed by atoms with Crippen molar-refractivity contribution in [2.24, 2.45) is 0 Å². The lowest BCUT2D eigenvalue weighted by Crippen LogP contribution is -2.52. The highest BCUT2D eigenvalue weighted by atomic mass is 16.4. The number of aromatic nitrogens is 1. The maximum absolute atomic E-state index is 11.8. The lowest BCUT2D eigenvalue weighted by Gasteiger charge is -2.25. The summed E-state index contributed by atoms with van der Waals surface area (Å²) in [7, 11) is 0. The summed E-state index contributed by atoms with van der Waals surface area (Å²) in [6, 6.07) is 0. The number of aryl methyl sites for hydroxylation is 1. The van der Waals surface area contributed by atoms with Crippen molar-refractivity contribution in [3.05, 3.63) is 17.8 Å². The van der Waals surface area contributed by atoms with Crippen molar-refractivity contribution in [2.45, 2.75) is 39.2 Å². The maximum Gasteiger partial charge on any atom is 0.329 e. The molecule has 0 saturated carbocycles. The first-order chi connectivity index (χ1) is 7.90. The summed E-state index contributed by atoms with van der Waals surface area (Å²) in [6.45, 7) is 4.93. The summed E-state index contributed by atoms with van der Waals surface area (Å²) in [4.78, 5) is 26.7. The molecule has 0 aliphatic carbocycles. The van der Waals surface area contributed by atoms with Crippen LogP contribution in [-0.2, 0) is 4.79 Å². The standard InChI is InChI=1S/C11H16N2O4/c1-4-5-11(3,10(15)16)13-9(14)8-7(2)17-6-12-8/h6H,4-5H2,1-3H3,(H,13,14)(H,15,16). The Hall–Kier alpha value is -1.85. The number of aliphatic carboxylic acids is 1. The third kappa shape index (κ3) is 2.83. The Morgan fingerprint density at radius 1 is 1.59 bits per heavy atom. The fourth-order valence-corrected chi connectivity index (χ4v) is 1.56. The van der Waals surface area contributed by atoms with Gasteiger partial charge in [-0.2, -0.15) is 0 Å². The van der Waals surface area contributed by atoms with Gasteiger partial charge < -0.3 is 14.8 Å². The summed E-state index contributed by atoms with van der Waals surface area (Å²) in [6.07, 6.45) is 2.16. The summed E-state index contributed by atoms with van der Waals surface area (Å²) >= 11 is 0. The number of amides is 1. The van der Waals surface area contributed by atoms with E-state index in [1.165, 1.54) is 6.92 Å². The number of carbonyl (C=O) groups excluding carboxylic acids is 1. The molecule has 17 heavy (non-hydrogen) atoms. The van der Waals surface area contributed by atoms with Crippen molar-refractivity contribution < 1.29 is 19.1 Å².